The summed E-state index contributed by atoms with van der Waals surface area (Å²) in [5.41, 5.74) is 2.94. The van der Waals surface area contributed by atoms with Gasteiger partial charge in [0, 0.05) is 28.7 Å². The zero-order valence-electron chi connectivity index (χ0n) is 18.6. The van der Waals surface area contributed by atoms with Gasteiger partial charge < -0.3 is 18.9 Å². The largest absolute Gasteiger partial charge is 0.493 e. The van der Waals surface area contributed by atoms with E-state index in [2.05, 4.69) is 4.90 Å². The van der Waals surface area contributed by atoms with Gasteiger partial charge in [0.05, 0.1) is 25.3 Å². The SMILES string of the molecule is COc1cccc(/C=C2\Oc3c(ccc4c3CN(Cc3ccc(Cl)cc3Cl)CO4)C2=O)c1OC. The molecule has 6 nitrogen and oxygen atoms in total. The molecule has 0 unspecified atom stereocenters. The van der Waals surface area contributed by atoms with Gasteiger partial charge in [-0.15, -0.1) is 0 Å². The molecular weight excluding hydrogens is 477 g/mol. The summed E-state index contributed by atoms with van der Waals surface area (Å²) in [6.45, 7) is 1.50. The summed E-state index contributed by atoms with van der Waals surface area (Å²) in [5.74, 6) is 2.34. The first kappa shape index (κ1) is 22.6. The molecule has 2 heterocycles. The molecule has 2 aliphatic heterocycles. The van der Waals surface area contributed by atoms with Gasteiger partial charge in [-0.3, -0.25) is 9.69 Å². The summed E-state index contributed by atoms with van der Waals surface area (Å²) in [6, 6.07) is 14.5. The highest BCUT2D eigenvalue weighted by Gasteiger charge is 2.34. The lowest BCUT2D eigenvalue weighted by atomic mass is 10.0. The number of benzene rings is 3. The zero-order valence-corrected chi connectivity index (χ0v) is 20.1. The van der Waals surface area contributed by atoms with Crippen molar-refractivity contribution in [2.75, 3.05) is 21.0 Å². The minimum atomic E-state index is -0.194. The van der Waals surface area contributed by atoms with E-state index in [4.69, 9.17) is 42.1 Å². The van der Waals surface area contributed by atoms with E-state index in [1.807, 2.05) is 30.3 Å². The third-order valence-electron chi connectivity index (χ3n) is 5.81. The van der Waals surface area contributed by atoms with Crippen LogP contribution in [0.2, 0.25) is 10.0 Å². The first-order valence-electron chi connectivity index (χ1n) is 10.6. The van der Waals surface area contributed by atoms with Crippen LogP contribution >= 0.6 is 23.2 Å². The molecule has 0 bridgehead atoms. The third-order valence-corrected chi connectivity index (χ3v) is 6.40. The first-order chi connectivity index (χ1) is 16.5. The Labute approximate surface area is 207 Å². The van der Waals surface area contributed by atoms with Crippen LogP contribution in [0.15, 0.2) is 54.3 Å². The maximum atomic E-state index is 13.1. The highest BCUT2D eigenvalue weighted by molar-refractivity contribution is 6.35. The van der Waals surface area contributed by atoms with Crippen molar-refractivity contribution < 1.29 is 23.7 Å². The number of carbonyl (C=O) groups is 1. The Balaban J connectivity index is 1.44. The number of methoxy groups -OCH3 is 2. The molecule has 0 amide bonds. The zero-order chi connectivity index (χ0) is 23.8. The van der Waals surface area contributed by atoms with Crippen LogP contribution in [0.4, 0.5) is 0 Å². The predicted octanol–water partition coefficient (Wildman–Crippen LogP) is 5.98. The van der Waals surface area contributed by atoms with Crippen LogP contribution in [0.1, 0.15) is 27.0 Å². The van der Waals surface area contributed by atoms with Gasteiger partial charge in [-0.2, -0.15) is 0 Å². The molecule has 0 spiro atoms. The summed E-state index contributed by atoms with van der Waals surface area (Å²) in [7, 11) is 3.12. The Hall–Kier alpha value is -3.19. The fourth-order valence-electron chi connectivity index (χ4n) is 4.16. The second-order valence-electron chi connectivity index (χ2n) is 7.94. The number of hydrogen-bond donors (Lipinski definition) is 0. The minimum absolute atomic E-state index is 0.194. The molecule has 8 heteroatoms. The predicted molar refractivity (Wildman–Crippen MR) is 130 cm³/mol. The summed E-state index contributed by atoms with van der Waals surface area (Å²) in [5, 5.41) is 1.19. The maximum absolute atomic E-state index is 13.1. The molecule has 5 rings (SSSR count). The lowest BCUT2D eigenvalue weighted by Gasteiger charge is -2.30. The summed E-state index contributed by atoms with van der Waals surface area (Å²) < 4.78 is 22.9. The van der Waals surface area contributed by atoms with Crippen molar-refractivity contribution >= 4 is 35.1 Å². The normalized spacial score (nSPS) is 16.0. The van der Waals surface area contributed by atoms with Crippen LogP contribution < -0.4 is 18.9 Å². The quantitative estimate of drug-likeness (QED) is 0.404. The Morgan fingerprint density at radius 2 is 1.94 bits per heavy atom. The monoisotopic (exact) mass is 497 g/mol. The van der Waals surface area contributed by atoms with Crippen LogP contribution in [0, 0.1) is 0 Å². The molecule has 0 aromatic heterocycles. The lowest BCUT2D eigenvalue weighted by Crippen LogP contribution is -2.31. The van der Waals surface area contributed by atoms with Crippen molar-refractivity contribution in [1.82, 2.24) is 4.90 Å². The number of carbonyl (C=O) groups excluding carboxylic acids is 1. The van der Waals surface area contributed by atoms with Crippen LogP contribution in [0.25, 0.3) is 6.08 Å². The molecule has 0 N–H and O–H groups in total. The Morgan fingerprint density at radius 3 is 2.71 bits per heavy atom. The van der Waals surface area contributed by atoms with Crippen molar-refractivity contribution in [3.63, 3.8) is 0 Å². The van der Waals surface area contributed by atoms with Gasteiger partial charge in [0.15, 0.2) is 17.3 Å². The van der Waals surface area contributed by atoms with Gasteiger partial charge >= 0.3 is 0 Å². The average Bonchev–Trinajstić information content (AvgIpc) is 3.16. The van der Waals surface area contributed by atoms with Crippen molar-refractivity contribution in [3.05, 3.63) is 86.6 Å². The number of para-hydroxylation sites is 1. The average molecular weight is 498 g/mol. The molecule has 0 radical (unpaired) electrons. The molecule has 0 aliphatic carbocycles. The molecule has 3 aromatic carbocycles. The van der Waals surface area contributed by atoms with Crippen molar-refractivity contribution in [1.29, 1.82) is 0 Å². The molecule has 2 aliphatic rings. The molecule has 0 atom stereocenters. The molecular formula is C26H21Cl2NO5. The van der Waals surface area contributed by atoms with Crippen molar-refractivity contribution in [3.8, 4) is 23.0 Å². The second kappa shape index (κ2) is 9.22. The van der Waals surface area contributed by atoms with E-state index in [1.54, 1.807) is 38.5 Å². The van der Waals surface area contributed by atoms with Crippen LogP contribution in [0.3, 0.4) is 0 Å². The number of rotatable bonds is 5. The Kier molecular flexibility index (Phi) is 6.13. The van der Waals surface area contributed by atoms with Gasteiger partial charge in [-0.05, 0) is 42.0 Å². The van der Waals surface area contributed by atoms with Gasteiger partial charge in [0.25, 0.3) is 0 Å². The van der Waals surface area contributed by atoms with Crippen LogP contribution in [0.5, 0.6) is 23.0 Å². The molecule has 0 saturated carbocycles. The fraction of sp³-hybridized carbons (Fsp3) is 0.192. The number of halogens is 2. The second-order valence-corrected chi connectivity index (χ2v) is 8.78. The van der Waals surface area contributed by atoms with E-state index >= 15 is 0 Å². The number of ether oxygens (including phenoxy) is 4. The number of fused-ring (bicyclic) bond motifs is 3. The van der Waals surface area contributed by atoms with Crippen molar-refractivity contribution in [2.24, 2.45) is 0 Å². The minimum Gasteiger partial charge on any atom is -0.493 e. The van der Waals surface area contributed by atoms with E-state index in [9.17, 15) is 4.79 Å². The standard InChI is InChI=1S/C26H21Cl2NO5/c1-31-22-5-3-4-15(25(22)32-2)10-23-24(30)18-8-9-21-19(26(18)34-23)13-29(14-33-21)12-16-6-7-17(27)11-20(16)28/h3-11H,12-14H2,1-2H3/b23-10-. The highest BCUT2D eigenvalue weighted by atomic mass is 35.5. The van der Waals surface area contributed by atoms with Crippen molar-refractivity contribution in [2.45, 2.75) is 13.1 Å². The van der Waals surface area contributed by atoms with E-state index in [0.717, 1.165) is 11.1 Å². The topological polar surface area (TPSA) is 57.2 Å². The van der Waals surface area contributed by atoms with Crippen LogP contribution in [-0.4, -0.2) is 31.6 Å². The maximum Gasteiger partial charge on any atom is 0.231 e. The molecule has 174 valence electrons. The summed E-state index contributed by atoms with van der Waals surface area (Å²) in [4.78, 5) is 15.2. The molecule has 0 fully saturated rings. The highest BCUT2D eigenvalue weighted by Crippen LogP contribution is 2.43. The van der Waals surface area contributed by atoms with Gasteiger partial charge in [-0.25, -0.2) is 0 Å². The molecule has 34 heavy (non-hydrogen) atoms. The number of nitrogens with zero attached hydrogens (tertiary/aromatic N) is 1. The van der Waals surface area contributed by atoms with Gasteiger partial charge in [0.1, 0.15) is 18.2 Å². The van der Waals surface area contributed by atoms with Crippen LogP contribution in [-0.2, 0) is 13.1 Å². The third kappa shape index (κ3) is 4.09. The first-order valence-corrected chi connectivity index (χ1v) is 11.3. The Bertz CT molecular complexity index is 1320. The summed E-state index contributed by atoms with van der Waals surface area (Å²) >= 11 is 12.4. The fourth-order valence-corrected chi connectivity index (χ4v) is 4.63. The summed E-state index contributed by atoms with van der Waals surface area (Å²) in [6.07, 6.45) is 1.67. The van der Waals surface area contributed by atoms with E-state index in [0.29, 0.717) is 64.0 Å². The molecule has 0 saturated heterocycles. The van der Waals surface area contributed by atoms with Gasteiger partial charge in [0.2, 0.25) is 5.78 Å². The molecule has 3 aromatic rings. The van der Waals surface area contributed by atoms with E-state index in [-0.39, 0.29) is 11.5 Å². The van der Waals surface area contributed by atoms with E-state index in [1.165, 1.54) is 0 Å². The smallest absolute Gasteiger partial charge is 0.231 e. The number of ketones is 1. The number of Topliss-reactive ketones (excluding diaryl/α,β-unsaturated/α-hetero) is 1. The Morgan fingerprint density at radius 1 is 1.09 bits per heavy atom. The number of allylic oxidation sites excluding steroid dienone is 1. The number of hydrogen-bond acceptors (Lipinski definition) is 6. The van der Waals surface area contributed by atoms with Gasteiger partial charge in [-0.1, -0.05) is 41.4 Å². The lowest BCUT2D eigenvalue weighted by molar-refractivity contribution is 0.0873. The van der Waals surface area contributed by atoms with E-state index < -0.39 is 0 Å².